The minimum absolute atomic E-state index is 0.862. The van der Waals surface area contributed by atoms with E-state index in [1.54, 1.807) is 0 Å². The van der Waals surface area contributed by atoms with Crippen LogP contribution in [0.15, 0.2) is 11.2 Å². The van der Waals surface area contributed by atoms with Crippen LogP contribution in [-0.4, -0.2) is 55.1 Å². The number of hydrogen-bond acceptors (Lipinski definition) is 4. The minimum Gasteiger partial charge on any atom is -0.357 e. The van der Waals surface area contributed by atoms with E-state index in [0.29, 0.717) is 0 Å². The second-order valence-electron chi connectivity index (χ2n) is 6.54. The van der Waals surface area contributed by atoms with Gasteiger partial charge in [0, 0.05) is 37.1 Å². The Hall–Kier alpha value is -1.14. The Morgan fingerprint density at radius 3 is 2.79 bits per heavy atom. The predicted molar refractivity (Wildman–Crippen MR) is 104 cm³/mol. The number of aromatic nitrogens is 1. The molecule has 5 nitrogen and oxygen atoms in total. The van der Waals surface area contributed by atoms with Crippen molar-refractivity contribution in [3.05, 3.63) is 16.1 Å². The van der Waals surface area contributed by atoms with Gasteiger partial charge < -0.3 is 15.5 Å². The van der Waals surface area contributed by atoms with Gasteiger partial charge in [-0.15, -0.1) is 11.3 Å². The van der Waals surface area contributed by atoms with Crippen molar-refractivity contribution in [1.82, 2.24) is 20.5 Å². The molecule has 0 spiro atoms. The maximum absolute atomic E-state index is 4.71. The molecule has 136 valence electrons. The summed E-state index contributed by atoms with van der Waals surface area (Å²) >= 11 is 1.82. The van der Waals surface area contributed by atoms with Gasteiger partial charge in [-0.1, -0.05) is 13.8 Å². The second-order valence-corrected chi connectivity index (χ2v) is 7.74. The van der Waals surface area contributed by atoms with Crippen molar-refractivity contribution in [3.8, 4) is 0 Å². The van der Waals surface area contributed by atoms with Crippen molar-refractivity contribution in [2.24, 2.45) is 10.9 Å². The molecule has 0 bridgehead atoms. The minimum atomic E-state index is 0.862. The van der Waals surface area contributed by atoms with Crippen molar-refractivity contribution >= 4 is 17.3 Å². The van der Waals surface area contributed by atoms with Crippen LogP contribution < -0.4 is 10.6 Å². The highest BCUT2D eigenvalue weighted by atomic mass is 32.1. The second kappa shape index (κ2) is 10.7. The molecule has 0 unspecified atom stereocenters. The Kier molecular flexibility index (Phi) is 8.53. The fourth-order valence-electron chi connectivity index (χ4n) is 2.85. The molecule has 2 heterocycles. The topological polar surface area (TPSA) is 52.6 Å². The van der Waals surface area contributed by atoms with Crippen molar-refractivity contribution in [2.75, 3.05) is 39.3 Å². The quantitative estimate of drug-likeness (QED) is 0.558. The number of nitrogens with zero attached hydrogens (tertiary/aromatic N) is 3. The molecule has 1 fully saturated rings. The lowest BCUT2D eigenvalue weighted by atomic mass is 9.99. The average Bonchev–Trinajstić information content (AvgIpc) is 3.05. The first-order valence-electron chi connectivity index (χ1n) is 9.39. The van der Waals surface area contributed by atoms with Gasteiger partial charge >= 0.3 is 0 Å². The fourth-order valence-corrected chi connectivity index (χ4v) is 3.71. The molecule has 2 rings (SSSR count). The van der Waals surface area contributed by atoms with Gasteiger partial charge in [0.2, 0.25) is 0 Å². The third kappa shape index (κ3) is 6.77. The summed E-state index contributed by atoms with van der Waals surface area (Å²) < 4.78 is 0. The largest absolute Gasteiger partial charge is 0.357 e. The van der Waals surface area contributed by atoms with Crippen molar-refractivity contribution in [3.63, 3.8) is 0 Å². The van der Waals surface area contributed by atoms with Gasteiger partial charge in [0.1, 0.15) is 0 Å². The summed E-state index contributed by atoms with van der Waals surface area (Å²) in [4.78, 5) is 13.1. The number of aliphatic imine (C=N–C) groups is 1. The maximum Gasteiger partial charge on any atom is 0.191 e. The van der Waals surface area contributed by atoms with Gasteiger partial charge in [0.25, 0.3) is 0 Å². The summed E-state index contributed by atoms with van der Waals surface area (Å²) in [7, 11) is 0. The van der Waals surface area contributed by atoms with Crippen LogP contribution >= 0.6 is 11.3 Å². The number of hydrogen-bond donors (Lipinski definition) is 2. The molecule has 1 aromatic heterocycles. The lowest BCUT2D eigenvalue weighted by Crippen LogP contribution is -2.39. The normalized spacial score (nSPS) is 17.2. The molecule has 1 aliphatic heterocycles. The van der Waals surface area contributed by atoms with Gasteiger partial charge in [-0.25, -0.2) is 4.98 Å². The lowest BCUT2D eigenvalue weighted by molar-refractivity contribution is 0.197. The highest BCUT2D eigenvalue weighted by molar-refractivity contribution is 7.11. The summed E-state index contributed by atoms with van der Waals surface area (Å²) in [5.41, 5.74) is 0. The van der Waals surface area contributed by atoms with Gasteiger partial charge in [-0.3, -0.25) is 4.99 Å². The summed E-state index contributed by atoms with van der Waals surface area (Å²) in [5, 5.41) is 7.97. The zero-order chi connectivity index (χ0) is 17.2. The molecule has 1 aromatic rings. The molecule has 24 heavy (non-hydrogen) atoms. The molecule has 2 N–H and O–H groups in total. The molecule has 1 saturated heterocycles. The van der Waals surface area contributed by atoms with E-state index < -0.39 is 0 Å². The van der Waals surface area contributed by atoms with Crippen LogP contribution in [0.25, 0.3) is 0 Å². The molecule has 0 atom stereocenters. The van der Waals surface area contributed by atoms with Crippen LogP contribution in [0.3, 0.4) is 0 Å². The molecule has 0 aliphatic carbocycles. The molecular weight excluding hydrogens is 318 g/mol. The number of aryl methyl sites for hydroxylation is 1. The van der Waals surface area contributed by atoms with Crippen LogP contribution in [0, 0.1) is 5.92 Å². The monoisotopic (exact) mass is 351 g/mol. The smallest absolute Gasteiger partial charge is 0.191 e. The van der Waals surface area contributed by atoms with Gasteiger partial charge in [0.15, 0.2) is 5.96 Å². The Morgan fingerprint density at radius 2 is 2.12 bits per heavy atom. The molecule has 0 saturated carbocycles. The third-order valence-electron chi connectivity index (χ3n) is 4.49. The van der Waals surface area contributed by atoms with E-state index in [1.807, 2.05) is 17.5 Å². The van der Waals surface area contributed by atoms with Crippen molar-refractivity contribution < 1.29 is 0 Å². The number of likely N-dealkylation sites (tertiary alicyclic amines) is 1. The standard InChI is InChI=1S/C18H33N5S/c1-4-16-14-22-17(24-16)6-9-20-18(19-5-2)21-10-13-23-11-7-15(3)8-12-23/h14-15H,4-13H2,1-3H3,(H2,19,20,21). The molecule has 0 amide bonds. The van der Waals surface area contributed by atoms with Crippen LogP contribution in [0.5, 0.6) is 0 Å². The fraction of sp³-hybridized carbons (Fsp3) is 0.778. The molecule has 0 aromatic carbocycles. The van der Waals surface area contributed by atoms with E-state index in [2.05, 4.69) is 41.3 Å². The van der Waals surface area contributed by atoms with Crippen molar-refractivity contribution in [2.45, 2.75) is 46.5 Å². The van der Waals surface area contributed by atoms with Crippen LogP contribution in [0.4, 0.5) is 0 Å². The van der Waals surface area contributed by atoms with Gasteiger partial charge in [0.05, 0.1) is 11.6 Å². The number of thiazole rings is 1. The summed E-state index contributed by atoms with van der Waals surface area (Å²) in [5.74, 6) is 1.82. The summed E-state index contributed by atoms with van der Waals surface area (Å²) in [6.45, 7) is 12.8. The highest BCUT2D eigenvalue weighted by Crippen LogP contribution is 2.15. The van der Waals surface area contributed by atoms with Crippen molar-refractivity contribution in [1.29, 1.82) is 0 Å². The summed E-state index contributed by atoms with van der Waals surface area (Å²) in [6, 6.07) is 0. The first-order chi connectivity index (χ1) is 11.7. The van der Waals surface area contributed by atoms with E-state index in [1.165, 1.54) is 35.8 Å². The number of rotatable bonds is 8. The Morgan fingerprint density at radius 1 is 1.33 bits per heavy atom. The third-order valence-corrected chi connectivity index (χ3v) is 5.69. The SMILES string of the molecule is CCNC(=NCCN1CCC(C)CC1)NCCc1ncc(CC)s1. The summed E-state index contributed by atoms with van der Waals surface area (Å²) in [6.07, 6.45) is 6.69. The van der Waals surface area contributed by atoms with E-state index >= 15 is 0 Å². The number of nitrogens with one attached hydrogen (secondary N) is 2. The van der Waals surface area contributed by atoms with Gasteiger partial charge in [-0.05, 0) is 45.2 Å². The Bertz CT molecular complexity index is 491. The number of guanidine groups is 1. The Balaban J connectivity index is 1.69. The zero-order valence-electron chi connectivity index (χ0n) is 15.5. The average molecular weight is 352 g/mol. The molecular formula is C18H33N5S. The van der Waals surface area contributed by atoms with Gasteiger partial charge in [-0.2, -0.15) is 0 Å². The lowest BCUT2D eigenvalue weighted by Gasteiger charge is -2.29. The van der Waals surface area contributed by atoms with E-state index in [4.69, 9.17) is 4.99 Å². The Labute approximate surface area is 151 Å². The zero-order valence-corrected chi connectivity index (χ0v) is 16.3. The first kappa shape index (κ1) is 19.2. The maximum atomic E-state index is 4.71. The van der Waals surface area contributed by atoms with Crippen LogP contribution in [0.2, 0.25) is 0 Å². The predicted octanol–water partition coefficient (Wildman–Crippen LogP) is 2.54. The first-order valence-corrected chi connectivity index (χ1v) is 10.2. The van der Waals surface area contributed by atoms with Crippen LogP contribution in [0.1, 0.15) is 43.5 Å². The molecule has 0 radical (unpaired) electrons. The van der Waals surface area contributed by atoms with E-state index in [-0.39, 0.29) is 0 Å². The molecule has 6 heteroatoms. The molecule has 1 aliphatic rings. The van der Waals surface area contributed by atoms with E-state index in [9.17, 15) is 0 Å². The number of piperidine rings is 1. The van der Waals surface area contributed by atoms with Crippen LogP contribution in [-0.2, 0) is 12.8 Å². The highest BCUT2D eigenvalue weighted by Gasteiger charge is 2.14. The van der Waals surface area contributed by atoms with E-state index in [0.717, 1.165) is 50.9 Å².